The summed E-state index contributed by atoms with van der Waals surface area (Å²) in [6.45, 7) is 0. The van der Waals surface area contributed by atoms with Crippen molar-refractivity contribution in [3.63, 3.8) is 0 Å². The number of amidine groups is 1. The zero-order chi connectivity index (χ0) is 14.7. The Balaban J connectivity index is 2.11. The minimum Gasteiger partial charge on any atom is -0.409 e. The zero-order valence-corrected chi connectivity index (χ0v) is 12.2. The van der Waals surface area contributed by atoms with Gasteiger partial charge in [-0.1, -0.05) is 27.5 Å². The Morgan fingerprint density at radius 2 is 2.20 bits per heavy atom. The van der Waals surface area contributed by atoms with Crippen LogP contribution >= 0.6 is 15.9 Å². The van der Waals surface area contributed by atoms with E-state index in [1.807, 2.05) is 0 Å². The number of benzene rings is 1. The molecule has 5 nitrogen and oxygen atoms in total. The summed E-state index contributed by atoms with van der Waals surface area (Å²) in [5.41, 5.74) is 5.85. The number of nitrogens with two attached hydrogens (primary N) is 1. The van der Waals surface area contributed by atoms with Crippen molar-refractivity contribution < 1.29 is 14.4 Å². The molecule has 0 saturated heterocycles. The van der Waals surface area contributed by atoms with Gasteiger partial charge in [0.15, 0.2) is 0 Å². The van der Waals surface area contributed by atoms with Crippen LogP contribution in [-0.4, -0.2) is 23.0 Å². The lowest BCUT2D eigenvalue weighted by Crippen LogP contribution is -2.42. The molecule has 0 aliphatic heterocycles. The van der Waals surface area contributed by atoms with E-state index < -0.39 is 5.82 Å². The van der Waals surface area contributed by atoms with Crippen LogP contribution in [0.25, 0.3) is 0 Å². The summed E-state index contributed by atoms with van der Waals surface area (Å²) >= 11 is 3.15. The monoisotopic (exact) mass is 343 g/mol. The molecule has 2 atom stereocenters. The largest absolute Gasteiger partial charge is 0.409 e. The van der Waals surface area contributed by atoms with Crippen molar-refractivity contribution in [3.05, 3.63) is 34.1 Å². The van der Waals surface area contributed by atoms with Gasteiger partial charge in [-0.05, 0) is 31.0 Å². The van der Waals surface area contributed by atoms with E-state index >= 15 is 0 Å². The van der Waals surface area contributed by atoms with Crippen LogP contribution in [-0.2, 0) is 0 Å². The van der Waals surface area contributed by atoms with Crippen LogP contribution in [0.3, 0.4) is 0 Å². The van der Waals surface area contributed by atoms with Gasteiger partial charge >= 0.3 is 0 Å². The SMILES string of the molecule is NC(=NO)C1CCCC1NC(=O)c1cc(F)cc(Br)c1. The first-order valence-electron chi connectivity index (χ1n) is 6.25. The van der Waals surface area contributed by atoms with Crippen molar-refractivity contribution in [2.45, 2.75) is 25.3 Å². The Morgan fingerprint density at radius 1 is 1.45 bits per heavy atom. The summed E-state index contributed by atoms with van der Waals surface area (Å²) in [5.74, 6) is -0.911. The van der Waals surface area contributed by atoms with Gasteiger partial charge in [-0.15, -0.1) is 0 Å². The number of halogens is 2. The number of hydrogen-bond donors (Lipinski definition) is 3. The lowest BCUT2D eigenvalue weighted by Gasteiger charge is -2.19. The minimum absolute atomic E-state index is 0.119. The Hall–Kier alpha value is -1.63. The third-order valence-electron chi connectivity index (χ3n) is 3.45. The number of rotatable bonds is 3. The number of nitrogens with one attached hydrogen (secondary N) is 1. The second kappa shape index (κ2) is 6.21. The topological polar surface area (TPSA) is 87.7 Å². The molecule has 1 aromatic rings. The molecule has 1 aliphatic carbocycles. The minimum atomic E-state index is -0.482. The Labute approximate surface area is 124 Å². The van der Waals surface area contributed by atoms with Gasteiger partial charge in [0.05, 0.1) is 0 Å². The van der Waals surface area contributed by atoms with Gasteiger partial charge < -0.3 is 16.3 Å². The van der Waals surface area contributed by atoms with Crippen molar-refractivity contribution in [3.8, 4) is 0 Å². The van der Waals surface area contributed by atoms with E-state index in [1.165, 1.54) is 12.1 Å². The first-order chi connectivity index (χ1) is 9.51. The quantitative estimate of drug-likeness (QED) is 0.340. The number of carbonyl (C=O) groups excluding carboxylic acids is 1. The molecular formula is C13H15BrFN3O2. The fourth-order valence-electron chi connectivity index (χ4n) is 2.50. The van der Waals surface area contributed by atoms with Gasteiger partial charge in [0, 0.05) is 22.0 Å². The van der Waals surface area contributed by atoms with E-state index in [-0.39, 0.29) is 29.3 Å². The van der Waals surface area contributed by atoms with E-state index in [1.54, 1.807) is 6.07 Å². The average molecular weight is 344 g/mol. The lowest BCUT2D eigenvalue weighted by molar-refractivity contribution is 0.0932. The smallest absolute Gasteiger partial charge is 0.251 e. The fraction of sp³-hybridized carbons (Fsp3) is 0.385. The maximum Gasteiger partial charge on any atom is 0.251 e. The summed E-state index contributed by atoms with van der Waals surface area (Å²) in [5, 5.41) is 14.6. The van der Waals surface area contributed by atoms with Gasteiger partial charge in [0.2, 0.25) is 0 Å². The molecule has 0 heterocycles. The predicted octanol–water partition coefficient (Wildman–Crippen LogP) is 2.23. The normalized spacial score (nSPS) is 22.8. The molecule has 1 aromatic carbocycles. The molecule has 4 N–H and O–H groups in total. The highest BCUT2D eigenvalue weighted by molar-refractivity contribution is 9.10. The van der Waals surface area contributed by atoms with Crippen LogP contribution in [0, 0.1) is 11.7 Å². The van der Waals surface area contributed by atoms with Gasteiger partial charge in [-0.3, -0.25) is 4.79 Å². The first-order valence-corrected chi connectivity index (χ1v) is 7.05. The number of nitrogens with zero attached hydrogens (tertiary/aromatic N) is 1. The highest BCUT2D eigenvalue weighted by atomic mass is 79.9. The van der Waals surface area contributed by atoms with Gasteiger partial charge in [-0.25, -0.2) is 4.39 Å². The second-order valence-corrected chi connectivity index (χ2v) is 5.72. The van der Waals surface area contributed by atoms with Crippen molar-refractivity contribution in [1.82, 2.24) is 5.32 Å². The molecule has 1 amide bonds. The Bertz CT molecular complexity index is 530. The van der Waals surface area contributed by atoms with E-state index in [0.717, 1.165) is 19.3 Å². The Morgan fingerprint density at radius 3 is 2.85 bits per heavy atom. The van der Waals surface area contributed by atoms with E-state index in [0.29, 0.717) is 4.47 Å². The van der Waals surface area contributed by atoms with Gasteiger partial charge in [0.25, 0.3) is 5.91 Å². The third kappa shape index (κ3) is 3.27. The molecule has 1 saturated carbocycles. The molecule has 2 rings (SSSR count). The number of oxime groups is 1. The molecule has 0 aromatic heterocycles. The summed E-state index contributed by atoms with van der Waals surface area (Å²) in [7, 11) is 0. The summed E-state index contributed by atoms with van der Waals surface area (Å²) in [6, 6.07) is 3.81. The molecule has 0 bridgehead atoms. The zero-order valence-electron chi connectivity index (χ0n) is 10.6. The molecule has 1 fully saturated rings. The number of hydrogen-bond acceptors (Lipinski definition) is 3. The highest BCUT2D eigenvalue weighted by Crippen LogP contribution is 2.26. The lowest BCUT2D eigenvalue weighted by atomic mass is 10.0. The van der Waals surface area contributed by atoms with Crippen LogP contribution in [0.1, 0.15) is 29.6 Å². The fourth-order valence-corrected chi connectivity index (χ4v) is 2.96. The van der Waals surface area contributed by atoms with Crippen LogP contribution in [0.15, 0.2) is 27.8 Å². The Kier molecular flexibility index (Phi) is 4.59. The van der Waals surface area contributed by atoms with Crippen LogP contribution < -0.4 is 11.1 Å². The van der Waals surface area contributed by atoms with Crippen molar-refractivity contribution in [2.75, 3.05) is 0 Å². The van der Waals surface area contributed by atoms with Crippen LogP contribution in [0.5, 0.6) is 0 Å². The molecular weight excluding hydrogens is 329 g/mol. The van der Waals surface area contributed by atoms with Crippen LogP contribution in [0.4, 0.5) is 4.39 Å². The van der Waals surface area contributed by atoms with Gasteiger partial charge in [-0.2, -0.15) is 0 Å². The van der Waals surface area contributed by atoms with E-state index in [9.17, 15) is 9.18 Å². The van der Waals surface area contributed by atoms with Crippen molar-refractivity contribution >= 4 is 27.7 Å². The molecule has 1 aliphatic rings. The van der Waals surface area contributed by atoms with E-state index in [4.69, 9.17) is 10.9 Å². The molecule has 7 heteroatoms. The number of carbonyl (C=O) groups is 1. The standard InChI is InChI=1S/C13H15BrFN3O2/c14-8-4-7(5-9(15)6-8)13(19)17-11-3-1-2-10(11)12(16)18-20/h4-6,10-11,20H,1-3H2,(H2,16,18)(H,17,19). The van der Waals surface area contributed by atoms with Crippen LogP contribution in [0.2, 0.25) is 0 Å². The third-order valence-corrected chi connectivity index (χ3v) is 3.91. The summed E-state index contributed by atoms with van der Waals surface area (Å²) < 4.78 is 13.8. The van der Waals surface area contributed by atoms with Crippen molar-refractivity contribution in [1.29, 1.82) is 0 Å². The summed E-state index contributed by atoms with van der Waals surface area (Å²) in [6.07, 6.45) is 2.40. The summed E-state index contributed by atoms with van der Waals surface area (Å²) in [4.78, 5) is 12.1. The first kappa shape index (κ1) is 14.8. The molecule has 20 heavy (non-hydrogen) atoms. The molecule has 0 radical (unpaired) electrons. The maximum atomic E-state index is 13.3. The molecule has 0 spiro atoms. The average Bonchev–Trinajstić information content (AvgIpc) is 2.84. The van der Waals surface area contributed by atoms with Crippen molar-refractivity contribution in [2.24, 2.45) is 16.8 Å². The molecule has 108 valence electrons. The highest BCUT2D eigenvalue weighted by Gasteiger charge is 2.32. The second-order valence-electron chi connectivity index (χ2n) is 4.80. The maximum absolute atomic E-state index is 13.3. The van der Waals surface area contributed by atoms with Gasteiger partial charge in [0.1, 0.15) is 11.7 Å². The molecule has 2 unspecified atom stereocenters. The number of amides is 1. The predicted molar refractivity (Wildman–Crippen MR) is 76.1 cm³/mol. The van der Waals surface area contributed by atoms with E-state index in [2.05, 4.69) is 26.4 Å².